The van der Waals surface area contributed by atoms with E-state index in [1.54, 1.807) is 0 Å². The summed E-state index contributed by atoms with van der Waals surface area (Å²) in [6.45, 7) is 0. The van der Waals surface area contributed by atoms with Gasteiger partial charge in [-0.05, 0) is 36.0 Å². The molecule has 0 spiro atoms. The van der Waals surface area contributed by atoms with Crippen LogP contribution in [0.3, 0.4) is 0 Å². The highest BCUT2D eigenvalue weighted by molar-refractivity contribution is 6.73. The minimum Gasteiger partial charge on any atom is -0.280 e. The number of alkyl halides is 2. The molecule has 0 saturated carbocycles. The van der Waals surface area contributed by atoms with Crippen LogP contribution in [0, 0.1) is 5.92 Å². The summed E-state index contributed by atoms with van der Waals surface area (Å²) in [5.74, 6) is -0.590. The molecule has 0 radical (unpaired) electrons. The Hall–Kier alpha value is 0.500. The van der Waals surface area contributed by atoms with Crippen molar-refractivity contribution in [2.45, 2.75) is 24.6 Å². The molecule has 0 aliphatic rings. The van der Waals surface area contributed by atoms with E-state index in [4.69, 9.17) is 46.4 Å². The zero-order valence-corrected chi connectivity index (χ0v) is 10.3. The van der Waals surface area contributed by atoms with Crippen LogP contribution in [-0.4, -0.2) is 21.7 Å². The van der Waals surface area contributed by atoms with Gasteiger partial charge in [0.1, 0.15) is 5.92 Å². The number of unbranched alkanes of at least 4 members (excludes halogenated alkanes) is 1. The lowest BCUT2D eigenvalue weighted by molar-refractivity contribution is -0.123. The Morgan fingerprint density at radius 1 is 1.07 bits per heavy atom. The molecule has 0 aromatic carbocycles. The first kappa shape index (κ1) is 14.5. The van der Waals surface area contributed by atoms with Crippen molar-refractivity contribution < 1.29 is 9.59 Å². The molecule has 0 bridgehead atoms. The second-order valence-electron chi connectivity index (χ2n) is 2.79. The zero-order valence-electron chi connectivity index (χ0n) is 7.31. The van der Waals surface area contributed by atoms with Crippen LogP contribution in [0.4, 0.5) is 0 Å². The number of carbonyl (C=O) groups is 2. The van der Waals surface area contributed by atoms with E-state index in [9.17, 15) is 9.59 Å². The Labute approximate surface area is 103 Å². The standard InChI is InChI=1S/C8H10Cl4O2/c9-4-2-1-3-5(10)6(7(11)13)8(12)14/h5-6H,1-4H2. The van der Waals surface area contributed by atoms with Crippen molar-refractivity contribution in [1.29, 1.82) is 0 Å². The van der Waals surface area contributed by atoms with E-state index in [-0.39, 0.29) is 0 Å². The summed E-state index contributed by atoms with van der Waals surface area (Å²) in [5, 5.41) is -2.26. The highest BCUT2D eigenvalue weighted by atomic mass is 35.5. The topological polar surface area (TPSA) is 34.1 Å². The van der Waals surface area contributed by atoms with Crippen molar-refractivity contribution in [2.24, 2.45) is 5.92 Å². The molecule has 82 valence electrons. The van der Waals surface area contributed by atoms with Gasteiger partial charge in [-0.25, -0.2) is 0 Å². The monoisotopic (exact) mass is 278 g/mol. The van der Waals surface area contributed by atoms with Gasteiger partial charge in [-0.1, -0.05) is 6.42 Å². The minimum absolute atomic E-state index is 0.496. The summed E-state index contributed by atoms with van der Waals surface area (Å²) in [6, 6.07) is 0. The van der Waals surface area contributed by atoms with Gasteiger partial charge >= 0.3 is 0 Å². The van der Waals surface area contributed by atoms with Gasteiger partial charge in [0.15, 0.2) is 0 Å². The van der Waals surface area contributed by atoms with Gasteiger partial charge in [-0.3, -0.25) is 9.59 Å². The van der Waals surface area contributed by atoms with Crippen LogP contribution >= 0.6 is 46.4 Å². The molecule has 0 amide bonds. The highest BCUT2D eigenvalue weighted by Gasteiger charge is 2.30. The van der Waals surface area contributed by atoms with Gasteiger partial charge in [-0.15, -0.1) is 23.2 Å². The van der Waals surface area contributed by atoms with Gasteiger partial charge in [0, 0.05) is 5.88 Å². The largest absolute Gasteiger partial charge is 0.280 e. The average Bonchev–Trinajstić information content (AvgIpc) is 2.03. The molecule has 0 N–H and O–H groups in total. The Morgan fingerprint density at radius 2 is 1.57 bits per heavy atom. The number of carbonyl (C=O) groups excluding carboxylic acids is 2. The van der Waals surface area contributed by atoms with Gasteiger partial charge < -0.3 is 0 Å². The summed E-state index contributed by atoms with van der Waals surface area (Å²) < 4.78 is 0. The fourth-order valence-corrected chi connectivity index (χ4v) is 2.23. The molecular weight excluding hydrogens is 270 g/mol. The second kappa shape index (κ2) is 7.75. The molecule has 0 fully saturated rings. The van der Waals surface area contributed by atoms with E-state index in [1.807, 2.05) is 0 Å². The van der Waals surface area contributed by atoms with Gasteiger partial charge in [0.05, 0.1) is 5.38 Å². The van der Waals surface area contributed by atoms with Crippen molar-refractivity contribution in [3.63, 3.8) is 0 Å². The van der Waals surface area contributed by atoms with E-state index < -0.39 is 21.8 Å². The van der Waals surface area contributed by atoms with Gasteiger partial charge in [0.25, 0.3) is 0 Å². The maximum Gasteiger partial charge on any atom is 0.234 e. The lowest BCUT2D eigenvalue weighted by Crippen LogP contribution is -2.26. The molecule has 0 aromatic heterocycles. The Bertz CT molecular complexity index is 194. The molecule has 0 aliphatic carbocycles. The molecule has 0 saturated heterocycles. The van der Waals surface area contributed by atoms with Gasteiger partial charge in [0.2, 0.25) is 10.5 Å². The lowest BCUT2D eigenvalue weighted by Gasteiger charge is -2.13. The predicted octanol–water partition coefficient (Wildman–Crippen LogP) is 3.15. The van der Waals surface area contributed by atoms with E-state index in [1.165, 1.54) is 0 Å². The van der Waals surface area contributed by atoms with E-state index >= 15 is 0 Å². The first-order valence-electron chi connectivity index (χ1n) is 4.09. The van der Waals surface area contributed by atoms with E-state index in [0.29, 0.717) is 12.3 Å². The summed E-state index contributed by atoms with van der Waals surface area (Å²) in [5.41, 5.74) is 0. The van der Waals surface area contributed by atoms with Crippen LogP contribution in [0.5, 0.6) is 0 Å². The summed E-state index contributed by atoms with van der Waals surface area (Å²) >= 11 is 21.7. The van der Waals surface area contributed by atoms with E-state index in [2.05, 4.69) is 0 Å². The SMILES string of the molecule is O=C(Cl)C(C(=O)Cl)C(Cl)CCCCCl. The Morgan fingerprint density at radius 3 is 1.93 bits per heavy atom. The van der Waals surface area contributed by atoms with Crippen molar-refractivity contribution in [3.05, 3.63) is 0 Å². The Balaban J connectivity index is 4.09. The number of halogens is 4. The third kappa shape index (κ3) is 5.40. The number of hydrogen-bond acceptors (Lipinski definition) is 2. The predicted molar refractivity (Wildman–Crippen MR) is 59.4 cm³/mol. The summed E-state index contributed by atoms with van der Waals surface area (Å²) in [4.78, 5) is 21.6. The number of hydrogen-bond donors (Lipinski definition) is 0. The van der Waals surface area contributed by atoms with Crippen LogP contribution in [0.2, 0.25) is 0 Å². The molecular formula is C8H10Cl4O2. The smallest absolute Gasteiger partial charge is 0.234 e. The lowest BCUT2D eigenvalue weighted by atomic mass is 10.0. The van der Waals surface area contributed by atoms with Crippen LogP contribution in [0.15, 0.2) is 0 Å². The third-order valence-electron chi connectivity index (χ3n) is 1.71. The zero-order chi connectivity index (χ0) is 11.1. The number of rotatable bonds is 7. The highest BCUT2D eigenvalue weighted by Crippen LogP contribution is 2.22. The van der Waals surface area contributed by atoms with Crippen LogP contribution in [-0.2, 0) is 9.59 Å². The maximum absolute atomic E-state index is 10.8. The molecule has 0 rings (SSSR count). The third-order valence-corrected chi connectivity index (χ3v) is 2.92. The first-order valence-corrected chi connectivity index (χ1v) is 5.82. The molecule has 0 aliphatic heterocycles. The average molecular weight is 280 g/mol. The fourth-order valence-electron chi connectivity index (χ4n) is 0.974. The second-order valence-corrected chi connectivity index (χ2v) is 4.47. The van der Waals surface area contributed by atoms with Crippen LogP contribution < -0.4 is 0 Å². The molecule has 6 heteroatoms. The first-order chi connectivity index (χ1) is 6.50. The molecule has 1 atom stereocenters. The maximum atomic E-state index is 10.8. The molecule has 0 heterocycles. The van der Waals surface area contributed by atoms with E-state index in [0.717, 1.165) is 12.8 Å². The van der Waals surface area contributed by atoms with Crippen LogP contribution in [0.1, 0.15) is 19.3 Å². The van der Waals surface area contributed by atoms with Crippen molar-refractivity contribution >= 4 is 56.9 Å². The quantitative estimate of drug-likeness (QED) is 0.311. The summed E-state index contributed by atoms with van der Waals surface area (Å²) in [7, 11) is 0. The molecule has 2 nitrogen and oxygen atoms in total. The summed E-state index contributed by atoms with van der Waals surface area (Å²) in [6.07, 6.45) is 2.02. The Kier molecular flexibility index (Phi) is 8.02. The molecule has 0 aromatic rings. The van der Waals surface area contributed by atoms with Crippen LogP contribution in [0.25, 0.3) is 0 Å². The van der Waals surface area contributed by atoms with Gasteiger partial charge in [-0.2, -0.15) is 0 Å². The van der Waals surface area contributed by atoms with Crippen molar-refractivity contribution in [2.75, 3.05) is 5.88 Å². The van der Waals surface area contributed by atoms with Crippen molar-refractivity contribution in [3.8, 4) is 0 Å². The van der Waals surface area contributed by atoms with Crippen molar-refractivity contribution in [1.82, 2.24) is 0 Å². The fraction of sp³-hybridized carbons (Fsp3) is 0.750. The molecule has 14 heavy (non-hydrogen) atoms. The minimum atomic E-state index is -1.12. The normalized spacial score (nSPS) is 12.9. The molecule has 1 unspecified atom stereocenters.